The van der Waals surface area contributed by atoms with Gasteiger partial charge in [0.05, 0.1) is 6.21 Å². The molecule has 3 aromatic rings. The molecule has 1 N–H and O–H groups in total. The maximum absolute atomic E-state index is 11.9. The van der Waals surface area contributed by atoms with Crippen molar-refractivity contribution in [3.8, 4) is 5.75 Å². The lowest BCUT2D eigenvalue weighted by atomic mass is 10.1. The molecule has 0 bridgehead atoms. The molecule has 0 aliphatic heterocycles. The zero-order valence-corrected chi connectivity index (χ0v) is 15.6. The third-order valence-electron chi connectivity index (χ3n) is 4.80. The van der Waals surface area contributed by atoms with Gasteiger partial charge in [0.1, 0.15) is 22.9 Å². The van der Waals surface area contributed by atoms with E-state index in [0.29, 0.717) is 28.9 Å². The summed E-state index contributed by atoms with van der Waals surface area (Å²) in [5.41, 5.74) is 3.20. The average molecular weight is 380 g/mol. The van der Waals surface area contributed by atoms with Crippen LogP contribution in [0.2, 0.25) is 0 Å². The minimum Gasteiger partial charge on any atom is -0.484 e. The van der Waals surface area contributed by atoms with Crippen molar-refractivity contribution in [2.24, 2.45) is 11.0 Å². The molecular formula is C21H20N2O5. The Kier molecular flexibility index (Phi) is 4.73. The minimum absolute atomic E-state index is 0.220. The number of hydrogen-bond donors (Lipinski definition) is 1. The van der Waals surface area contributed by atoms with Crippen molar-refractivity contribution in [1.82, 2.24) is 5.43 Å². The highest BCUT2D eigenvalue weighted by Gasteiger charge is 2.36. The molecule has 7 heteroatoms. The van der Waals surface area contributed by atoms with E-state index in [2.05, 4.69) is 17.5 Å². The molecule has 1 aromatic carbocycles. The maximum atomic E-state index is 11.9. The summed E-state index contributed by atoms with van der Waals surface area (Å²) in [6.07, 6.45) is 2.61. The average Bonchev–Trinajstić information content (AvgIpc) is 3.20. The molecule has 0 unspecified atom stereocenters. The summed E-state index contributed by atoms with van der Waals surface area (Å²) in [5.74, 6) is 2.73. The lowest BCUT2D eigenvalue weighted by Gasteiger charge is -2.06. The van der Waals surface area contributed by atoms with Gasteiger partial charge in [-0.1, -0.05) is 6.92 Å². The highest BCUT2D eigenvalue weighted by molar-refractivity contribution is 5.82. The molecule has 7 nitrogen and oxygen atoms in total. The van der Waals surface area contributed by atoms with Gasteiger partial charge in [-0.25, -0.2) is 10.2 Å². The number of furan rings is 1. The van der Waals surface area contributed by atoms with Gasteiger partial charge in [-0.05, 0) is 49.1 Å². The molecule has 2 atom stereocenters. The summed E-state index contributed by atoms with van der Waals surface area (Å²) >= 11 is 0. The van der Waals surface area contributed by atoms with Crippen LogP contribution in [0.15, 0.2) is 55.1 Å². The van der Waals surface area contributed by atoms with Gasteiger partial charge in [0.2, 0.25) is 0 Å². The van der Waals surface area contributed by atoms with Crippen molar-refractivity contribution < 1.29 is 18.4 Å². The molecule has 0 saturated heterocycles. The van der Waals surface area contributed by atoms with Crippen LogP contribution in [0.1, 0.15) is 36.3 Å². The fraction of sp³-hybridized carbons (Fsp3) is 0.286. The first-order chi connectivity index (χ1) is 13.5. The Hall–Kier alpha value is -3.35. The number of nitrogens with zero attached hydrogens (tertiary/aromatic N) is 1. The van der Waals surface area contributed by atoms with Crippen molar-refractivity contribution in [1.29, 1.82) is 0 Å². The van der Waals surface area contributed by atoms with Crippen LogP contribution in [0.25, 0.3) is 11.0 Å². The zero-order valence-electron chi connectivity index (χ0n) is 15.6. The van der Waals surface area contributed by atoms with Gasteiger partial charge in [-0.2, -0.15) is 5.10 Å². The summed E-state index contributed by atoms with van der Waals surface area (Å²) in [4.78, 5) is 23.4. The molecule has 4 rings (SSSR count). The number of benzene rings is 1. The molecule has 1 aliphatic rings. The Morgan fingerprint density at radius 2 is 2.11 bits per heavy atom. The molecule has 2 aromatic heterocycles. The first-order valence-corrected chi connectivity index (χ1v) is 9.08. The second kappa shape index (κ2) is 7.34. The molecule has 1 aliphatic carbocycles. The molecular weight excluding hydrogens is 360 g/mol. The van der Waals surface area contributed by atoms with Crippen LogP contribution in [-0.2, 0) is 4.79 Å². The third kappa shape index (κ3) is 3.98. The van der Waals surface area contributed by atoms with E-state index >= 15 is 0 Å². The van der Waals surface area contributed by atoms with Gasteiger partial charge in [0.25, 0.3) is 5.91 Å². The van der Waals surface area contributed by atoms with Crippen LogP contribution < -0.4 is 15.8 Å². The fourth-order valence-electron chi connectivity index (χ4n) is 3.10. The number of hydrazone groups is 1. The van der Waals surface area contributed by atoms with E-state index in [9.17, 15) is 9.59 Å². The van der Waals surface area contributed by atoms with E-state index < -0.39 is 11.5 Å². The van der Waals surface area contributed by atoms with Crippen LogP contribution >= 0.6 is 0 Å². The van der Waals surface area contributed by atoms with E-state index in [-0.39, 0.29) is 6.61 Å². The van der Waals surface area contributed by atoms with E-state index in [1.807, 2.05) is 19.1 Å². The number of ether oxygens (including phenoxy) is 1. The molecule has 144 valence electrons. The van der Waals surface area contributed by atoms with Gasteiger partial charge in [-0.3, -0.25) is 4.79 Å². The van der Waals surface area contributed by atoms with E-state index in [1.165, 1.54) is 12.3 Å². The molecule has 2 heterocycles. The second-order valence-corrected chi connectivity index (χ2v) is 7.05. The predicted octanol–water partition coefficient (Wildman–Crippen LogP) is 3.35. The molecule has 1 amide bonds. The standard InChI is InChI=1S/C21H20N2O5/c1-12-7-17(12)18-6-4-15(27-18)10-22-23-20(24)11-26-14-3-5-16-13(2)8-21(25)28-19(16)9-14/h3-6,8-10,12,17H,7,11H2,1-2H3,(H,23,24)/b22-10-/t12-,17+/m0/s1. The van der Waals surface area contributed by atoms with Gasteiger partial charge in [-0.15, -0.1) is 0 Å². The van der Waals surface area contributed by atoms with Gasteiger partial charge >= 0.3 is 5.63 Å². The summed E-state index contributed by atoms with van der Waals surface area (Å²) in [6.45, 7) is 3.80. The number of hydrogen-bond acceptors (Lipinski definition) is 6. The topological polar surface area (TPSA) is 94.0 Å². The van der Waals surface area contributed by atoms with Crippen molar-refractivity contribution in [3.05, 3.63) is 63.9 Å². The first kappa shape index (κ1) is 18.0. The minimum atomic E-state index is -0.425. The predicted molar refractivity (Wildman–Crippen MR) is 104 cm³/mol. The van der Waals surface area contributed by atoms with Gasteiger partial charge in [0.15, 0.2) is 6.61 Å². The SMILES string of the molecule is Cc1cc(=O)oc2cc(OCC(=O)N/N=C\c3ccc([C@@H]4C[C@@H]4C)o3)ccc12. The molecule has 1 fully saturated rings. The second-order valence-electron chi connectivity index (χ2n) is 7.05. The van der Waals surface area contributed by atoms with Gasteiger partial charge < -0.3 is 13.6 Å². The van der Waals surface area contributed by atoms with Crippen molar-refractivity contribution >= 4 is 23.1 Å². The molecule has 1 saturated carbocycles. The van der Waals surface area contributed by atoms with Crippen molar-refractivity contribution in [3.63, 3.8) is 0 Å². The van der Waals surface area contributed by atoms with Crippen LogP contribution in [0.5, 0.6) is 5.75 Å². The summed E-state index contributed by atoms with van der Waals surface area (Å²) < 4.78 is 16.3. The van der Waals surface area contributed by atoms with Crippen molar-refractivity contribution in [2.45, 2.75) is 26.2 Å². The van der Waals surface area contributed by atoms with Crippen molar-refractivity contribution in [2.75, 3.05) is 6.61 Å². The number of amides is 1. The van der Waals surface area contributed by atoms with E-state index in [1.54, 1.807) is 18.2 Å². The maximum Gasteiger partial charge on any atom is 0.336 e. The number of rotatable bonds is 6. The number of nitrogens with one attached hydrogen (secondary N) is 1. The Morgan fingerprint density at radius 1 is 1.29 bits per heavy atom. The molecule has 0 spiro atoms. The Balaban J connectivity index is 1.31. The highest BCUT2D eigenvalue weighted by Crippen LogP contribution is 2.47. The van der Waals surface area contributed by atoms with Crippen LogP contribution in [0, 0.1) is 12.8 Å². The lowest BCUT2D eigenvalue weighted by Crippen LogP contribution is -2.24. The van der Waals surface area contributed by atoms with Crippen LogP contribution in [-0.4, -0.2) is 18.7 Å². The Labute approximate surface area is 161 Å². The highest BCUT2D eigenvalue weighted by atomic mass is 16.5. The Morgan fingerprint density at radius 3 is 2.89 bits per heavy atom. The van der Waals surface area contributed by atoms with Crippen LogP contribution in [0.3, 0.4) is 0 Å². The zero-order chi connectivity index (χ0) is 19.7. The normalized spacial score (nSPS) is 18.5. The lowest BCUT2D eigenvalue weighted by molar-refractivity contribution is -0.123. The fourth-order valence-corrected chi connectivity index (χ4v) is 3.10. The number of carbonyl (C=O) groups excluding carboxylic acids is 1. The van der Waals surface area contributed by atoms with Gasteiger partial charge in [0, 0.05) is 23.4 Å². The summed E-state index contributed by atoms with van der Waals surface area (Å²) in [7, 11) is 0. The van der Waals surface area contributed by atoms with E-state index in [0.717, 1.165) is 23.1 Å². The number of carbonyl (C=O) groups is 1. The molecule has 0 radical (unpaired) electrons. The first-order valence-electron chi connectivity index (χ1n) is 9.08. The van der Waals surface area contributed by atoms with Crippen LogP contribution in [0.4, 0.5) is 0 Å². The Bertz CT molecular complexity index is 1110. The third-order valence-corrected chi connectivity index (χ3v) is 4.80. The largest absolute Gasteiger partial charge is 0.484 e. The monoisotopic (exact) mass is 380 g/mol. The summed E-state index contributed by atoms with van der Waals surface area (Å²) in [6, 6.07) is 10.3. The quantitative estimate of drug-likeness (QED) is 0.402. The molecule has 28 heavy (non-hydrogen) atoms. The van der Waals surface area contributed by atoms with E-state index in [4.69, 9.17) is 13.6 Å². The number of aryl methyl sites for hydroxylation is 1. The smallest absolute Gasteiger partial charge is 0.336 e. The summed E-state index contributed by atoms with van der Waals surface area (Å²) in [5, 5.41) is 4.70. The number of fused-ring (bicyclic) bond motifs is 1.